The fourth-order valence-electron chi connectivity index (χ4n) is 2.55. The number of nitrogens with one attached hydrogen (secondary N) is 3. The predicted molar refractivity (Wildman–Crippen MR) is 90.3 cm³/mol. The summed E-state index contributed by atoms with van der Waals surface area (Å²) in [5, 5.41) is 7.87. The molecule has 3 rings (SSSR count). The minimum absolute atomic E-state index is 0.168. The number of hydrogen-bond donors (Lipinski definition) is 3. The summed E-state index contributed by atoms with van der Waals surface area (Å²) >= 11 is 0. The smallest absolute Gasteiger partial charge is 0.319 e. The number of benzene rings is 2. The number of fused-ring (bicyclic) bond motifs is 3. The maximum Gasteiger partial charge on any atom is 0.319 e. The van der Waals surface area contributed by atoms with Crippen LogP contribution in [-0.4, -0.2) is 22.5 Å². The van der Waals surface area contributed by atoms with Gasteiger partial charge in [0.05, 0.1) is 11.0 Å². The van der Waals surface area contributed by atoms with Crippen molar-refractivity contribution in [3.63, 3.8) is 0 Å². The van der Waals surface area contributed by atoms with Crippen LogP contribution in [0.25, 0.3) is 21.8 Å². The normalized spacial score (nSPS) is 11.0. The van der Waals surface area contributed by atoms with Crippen molar-refractivity contribution in [3.05, 3.63) is 36.2 Å². The highest BCUT2D eigenvalue weighted by molar-refractivity contribution is 6.06. The summed E-state index contributed by atoms with van der Waals surface area (Å²) in [6.45, 7) is 4.73. The van der Waals surface area contributed by atoms with Gasteiger partial charge in [0.2, 0.25) is 0 Å². The summed E-state index contributed by atoms with van der Waals surface area (Å²) in [4.78, 5) is 19.6. The van der Waals surface area contributed by atoms with Crippen molar-refractivity contribution < 1.29 is 4.79 Å². The Labute approximate surface area is 129 Å². The zero-order valence-electron chi connectivity index (χ0n) is 12.9. The average molecular weight is 296 g/mol. The number of carbonyl (C=O) groups excluding carboxylic acids is 1. The molecule has 0 saturated heterocycles. The highest BCUT2D eigenvalue weighted by Crippen LogP contribution is 2.26. The van der Waals surface area contributed by atoms with Gasteiger partial charge in [-0.15, -0.1) is 0 Å². The van der Waals surface area contributed by atoms with E-state index in [0.29, 0.717) is 6.54 Å². The molecule has 0 unspecified atom stereocenters. The maximum atomic E-state index is 11.8. The van der Waals surface area contributed by atoms with Crippen molar-refractivity contribution in [1.29, 1.82) is 0 Å². The van der Waals surface area contributed by atoms with Gasteiger partial charge in [-0.05, 0) is 36.9 Å². The Hall–Kier alpha value is -2.56. The molecule has 0 atom stereocenters. The van der Waals surface area contributed by atoms with E-state index in [1.807, 2.05) is 31.2 Å². The van der Waals surface area contributed by atoms with Crippen LogP contribution in [0.2, 0.25) is 0 Å². The molecule has 2 aromatic carbocycles. The summed E-state index contributed by atoms with van der Waals surface area (Å²) < 4.78 is 0. The summed E-state index contributed by atoms with van der Waals surface area (Å²) in [5.41, 5.74) is 2.72. The van der Waals surface area contributed by atoms with E-state index in [2.05, 4.69) is 33.6 Å². The van der Waals surface area contributed by atoms with Crippen molar-refractivity contribution >= 4 is 33.5 Å². The topological polar surface area (TPSA) is 69.8 Å². The van der Waals surface area contributed by atoms with E-state index in [4.69, 9.17) is 0 Å². The number of urea groups is 1. The van der Waals surface area contributed by atoms with Crippen molar-refractivity contribution in [2.75, 3.05) is 11.9 Å². The van der Waals surface area contributed by atoms with E-state index in [1.54, 1.807) is 0 Å². The Morgan fingerprint density at radius 2 is 2.09 bits per heavy atom. The quantitative estimate of drug-likeness (QED) is 0.638. The van der Waals surface area contributed by atoms with Crippen molar-refractivity contribution in [2.45, 2.75) is 26.7 Å². The van der Waals surface area contributed by atoms with E-state index >= 15 is 0 Å². The Balaban J connectivity index is 1.88. The first-order valence-electron chi connectivity index (χ1n) is 7.61. The largest absolute Gasteiger partial charge is 0.342 e. The lowest BCUT2D eigenvalue weighted by molar-refractivity contribution is 0.252. The molecule has 0 aliphatic carbocycles. The van der Waals surface area contributed by atoms with Crippen LogP contribution >= 0.6 is 0 Å². The molecule has 1 aromatic heterocycles. The molecule has 0 radical (unpaired) electrons. The third-order valence-corrected chi connectivity index (χ3v) is 3.66. The van der Waals surface area contributed by atoms with E-state index < -0.39 is 0 Å². The second kappa shape index (κ2) is 6.05. The SMILES string of the molecule is CCCCNC(=O)Nc1ccc2ccc3[nH]c(C)nc3c2c1. The van der Waals surface area contributed by atoms with Gasteiger partial charge >= 0.3 is 6.03 Å². The lowest BCUT2D eigenvalue weighted by Gasteiger charge is -2.08. The van der Waals surface area contributed by atoms with Gasteiger partial charge in [0, 0.05) is 17.6 Å². The van der Waals surface area contributed by atoms with Crippen LogP contribution < -0.4 is 10.6 Å². The molecule has 0 bridgehead atoms. The number of imidazole rings is 1. The number of H-pyrrole nitrogens is 1. The van der Waals surface area contributed by atoms with Crippen LogP contribution in [0.15, 0.2) is 30.3 Å². The number of hydrogen-bond acceptors (Lipinski definition) is 2. The molecule has 5 nitrogen and oxygen atoms in total. The Bertz CT molecular complexity index is 822. The fraction of sp³-hybridized carbons (Fsp3) is 0.294. The number of anilines is 1. The lowest BCUT2D eigenvalue weighted by atomic mass is 10.1. The molecule has 0 spiro atoms. The van der Waals surface area contributed by atoms with Crippen LogP contribution in [0.5, 0.6) is 0 Å². The molecule has 22 heavy (non-hydrogen) atoms. The molecule has 2 amide bonds. The molecule has 5 heteroatoms. The van der Waals surface area contributed by atoms with Gasteiger partial charge in [-0.25, -0.2) is 9.78 Å². The van der Waals surface area contributed by atoms with E-state index in [-0.39, 0.29) is 6.03 Å². The predicted octanol–water partition coefficient (Wildman–Crippen LogP) is 3.95. The standard InChI is InChI=1S/C17H20N4O/c1-3-4-9-18-17(22)21-13-7-5-12-6-8-15-16(14(12)10-13)20-11(2)19-15/h5-8,10H,3-4,9H2,1-2H3,(H,19,20)(H2,18,21,22). The van der Waals surface area contributed by atoms with Crippen molar-refractivity contribution in [1.82, 2.24) is 15.3 Å². The summed E-state index contributed by atoms with van der Waals surface area (Å²) in [5.74, 6) is 0.887. The monoisotopic (exact) mass is 296 g/mol. The number of rotatable bonds is 4. The zero-order valence-corrected chi connectivity index (χ0v) is 12.9. The molecule has 3 aromatic rings. The van der Waals surface area contributed by atoms with Crippen molar-refractivity contribution in [3.8, 4) is 0 Å². The van der Waals surface area contributed by atoms with Crippen molar-refractivity contribution in [2.24, 2.45) is 0 Å². The minimum atomic E-state index is -0.168. The average Bonchev–Trinajstić information content (AvgIpc) is 2.88. The number of nitrogens with zero attached hydrogens (tertiary/aromatic N) is 1. The maximum absolute atomic E-state index is 11.8. The molecule has 1 heterocycles. The number of unbranched alkanes of at least 4 members (excludes halogenated alkanes) is 1. The summed E-state index contributed by atoms with van der Waals surface area (Å²) in [7, 11) is 0. The number of aryl methyl sites for hydroxylation is 1. The highest BCUT2D eigenvalue weighted by Gasteiger charge is 2.07. The van der Waals surface area contributed by atoms with Crippen LogP contribution in [0.4, 0.5) is 10.5 Å². The molecule has 3 N–H and O–H groups in total. The molecule has 0 aliphatic heterocycles. The zero-order chi connectivity index (χ0) is 15.5. The van der Waals surface area contributed by atoms with Crippen LogP contribution in [0.1, 0.15) is 25.6 Å². The number of carbonyl (C=O) groups is 1. The molecular formula is C17H20N4O. The Kier molecular flexibility index (Phi) is 3.96. The van der Waals surface area contributed by atoms with Gasteiger partial charge in [0.1, 0.15) is 5.82 Å². The Morgan fingerprint density at radius 1 is 1.27 bits per heavy atom. The summed E-state index contributed by atoms with van der Waals surface area (Å²) in [6.07, 6.45) is 2.05. The van der Waals surface area contributed by atoms with Crippen LogP contribution in [-0.2, 0) is 0 Å². The molecule has 0 saturated carbocycles. The van der Waals surface area contributed by atoms with E-state index in [1.165, 1.54) is 0 Å². The third-order valence-electron chi connectivity index (χ3n) is 3.66. The van der Waals surface area contributed by atoms with Gasteiger partial charge in [-0.3, -0.25) is 0 Å². The Morgan fingerprint density at radius 3 is 2.91 bits per heavy atom. The van der Waals surface area contributed by atoms with Gasteiger partial charge in [-0.1, -0.05) is 25.5 Å². The second-order valence-corrected chi connectivity index (χ2v) is 5.45. The number of amides is 2. The molecule has 0 fully saturated rings. The first kappa shape index (κ1) is 14.4. The lowest BCUT2D eigenvalue weighted by Crippen LogP contribution is -2.29. The van der Waals surface area contributed by atoms with Crippen LogP contribution in [0.3, 0.4) is 0 Å². The van der Waals surface area contributed by atoms with Gasteiger partial charge in [0.15, 0.2) is 0 Å². The first-order valence-corrected chi connectivity index (χ1v) is 7.61. The molecular weight excluding hydrogens is 276 g/mol. The first-order chi connectivity index (χ1) is 10.7. The number of aromatic nitrogens is 2. The second-order valence-electron chi connectivity index (χ2n) is 5.45. The number of aromatic amines is 1. The third kappa shape index (κ3) is 2.88. The minimum Gasteiger partial charge on any atom is -0.342 e. The fourth-order valence-corrected chi connectivity index (χ4v) is 2.55. The van der Waals surface area contributed by atoms with Crippen LogP contribution in [0, 0.1) is 6.92 Å². The van der Waals surface area contributed by atoms with Gasteiger partial charge in [0.25, 0.3) is 0 Å². The highest BCUT2D eigenvalue weighted by atomic mass is 16.2. The van der Waals surface area contributed by atoms with Gasteiger partial charge in [-0.2, -0.15) is 0 Å². The molecule has 0 aliphatic rings. The van der Waals surface area contributed by atoms with Gasteiger partial charge < -0.3 is 15.6 Å². The van der Waals surface area contributed by atoms with E-state index in [0.717, 1.165) is 46.2 Å². The van der Waals surface area contributed by atoms with E-state index in [9.17, 15) is 4.79 Å². The summed E-state index contributed by atoms with van der Waals surface area (Å²) in [6, 6.07) is 9.80. The molecule has 114 valence electrons.